The molecule has 8 nitrogen and oxygen atoms in total. The molecule has 0 saturated carbocycles. The van der Waals surface area contributed by atoms with Gasteiger partial charge in [0.25, 0.3) is 5.91 Å². The average molecular weight is 481 g/mol. The molecule has 3 aromatic rings. The Morgan fingerprint density at radius 2 is 1.69 bits per heavy atom. The van der Waals surface area contributed by atoms with Crippen LogP contribution in [0.4, 0.5) is 15.9 Å². The fourth-order valence-electron chi connectivity index (χ4n) is 4.15. The number of halogens is 1. The molecule has 1 aromatic heterocycles. The van der Waals surface area contributed by atoms with Crippen molar-refractivity contribution < 1.29 is 23.4 Å². The number of aromatic nitrogens is 1. The normalized spacial score (nSPS) is 13.9. The number of hydrogen-bond donors (Lipinski definition) is 1. The number of rotatable bonds is 8. The highest BCUT2D eigenvalue weighted by Gasteiger charge is 2.22. The molecule has 4 rings (SSSR count). The summed E-state index contributed by atoms with van der Waals surface area (Å²) in [4.78, 5) is 21.4. The van der Waals surface area contributed by atoms with Crippen LogP contribution < -0.4 is 24.4 Å². The molecule has 0 spiro atoms. The molecule has 1 aliphatic heterocycles. The zero-order valence-electron chi connectivity index (χ0n) is 20.1. The smallest absolute Gasteiger partial charge is 0.258 e. The molecule has 9 heteroatoms. The van der Waals surface area contributed by atoms with E-state index in [4.69, 9.17) is 14.2 Å². The van der Waals surface area contributed by atoms with Gasteiger partial charge in [-0.2, -0.15) is 0 Å². The maximum Gasteiger partial charge on any atom is 0.258 e. The molecule has 0 atom stereocenters. The standard InChI is InChI=1S/C26H29FN4O4/c1-33-22-10-8-18(24(34-2)25(22)35-3)17-30-12-14-31(15-13-30)23-11-9-19(16-28-23)29-26(32)20-6-4-5-7-21(20)27/h4-11,16H,12-15,17H2,1-3H3,(H,29,32). The molecule has 2 heterocycles. The molecule has 1 saturated heterocycles. The van der Waals surface area contributed by atoms with Gasteiger partial charge >= 0.3 is 0 Å². The quantitative estimate of drug-likeness (QED) is 0.525. The number of nitrogens with zero attached hydrogens (tertiary/aromatic N) is 3. The molecule has 1 fully saturated rings. The van der Waals surface area contributed by atoms with E-state index in [1.807, 2.05) is 18.2 Å². The first-order valence-electron chi connectivity index (χ1n) is 11.3. The molecular formula is C26H29FN4O4. The van der Waals surface area contributed by atoms with Gasteiger partial charge in [-0.1, -0.05) is 18.2 Å². The average Bonchev–Trinajstić information content (AvgIpc) is 2.89. The van der Waals surface area contributed by atoms with Crippen molar-refractivity contribution in [1.29, 1.82) is 0 Å². The Hall–Kier alpha value is -3.85. The Kier molecular flexibility index (Phi) is 7.67. The van der Waals surface area contributed by atoms with E-state index in [1.165, 1.54) is 12.1 Å². The molecule has 1 amide bonds. The first-order chi connectivity index (χ1) is 17.0. The molecule has 0 aliphatic carbocycles. The number of amides is 1. The van der Waals surface area contributed by atoms with Crippen LogP contribution in [0.3, 0.4) is 0 Å². The minimum absolute atomic E-state index is 0.00110. The van der Waals surface area contributed by atoms with Crippen molar-refractivity contribution in [3.63, 3.8) is 0 Å². The lowest BCUT2D eigenvalue weighted by Crippen LogP contribution is -2.46. The molecule has 1 aliphatic rings. The minimum Gasteiger partial charge on any atom is -0.493 e. The van der Waals surface area contributed by atoms with Gasteiger partial charge in [0.2, 0.25) is 5.75 Å². The maximum atomic E-state index is 13.8. The predicted molar refractivity (Wildman–Crippen MR) is 132 cm³/mol. The van der Waals surface area contributed by atoms with Gasteiger partial charge in [-0.15, -0.1) is 0 Å². The number of ether oxygens (including phenoxy) is 3. The number of anilines is 2. The van der Waals surface area contributed by atoms with Gasteiger partial charge in [0.15, 0.2) is 11.5 Å². The van der Waals surface area contributed by atoms with Crippen molar-refractivity contribution in [2.24, 2.45) is 0 Å². The summed E-state index contributed by atoms with van der Waals surface area (Å²) in [5, 5.41) is 2.69. The molecule has 0 bridgehead atoms. The number of hydrogen-bond acceptors (Lipinski definition) is 7. The lowest BCUT2D eigenvalue weighted by Gasteiger charge is -2.35. The van der Waals surface area contributed by atoms with Gasteiger partial charge in [-0.25, -0.2) is 9.37 Å². The van der Waals surface area contributed by atoms with Crippen LogP contribution in [0.25, 0.3) is 0 Å². The lowest BCUT2D eigenvalue weighted by atomic mass is 10.1. The van der Waals surface area contributed by atoms with Crippen LogP contribution in [0.1, 0.15) is 15.9 Å². The molecule has 0 radical (unpaired) electrons. The van der Waals surface area contributed by atoms with E-state index in [0.717, 1.165) is 44.1 Å². The summed E-state index contributed by atoms with van der Waals surface area (Å²) in [5.41, 5.74) is 1.55. The third kappa shape index (κ3) is 5.46. The first-order valence-corrected chi connectivity index (χ1v) is 11.3. The molecule has 184 valence electrons. The summed E-state index contributed by atoms with van der Waals surface area (Å²) in [6, 6.07) is 13.4. The Balaban J connectivity index is 1.34. The number of benzene rings is 2. The SMILES string of the molecule is COc1ccc(CN2CCN(c3ccc(NC(=O)c4ccccc4F)cn3)CC2)c(OC)c1OC. The van der Waals surface area contributed by atoms with Gasteiger partial charge in [-0.05, 0) is 30.3 Å². The van der Waals surface area contributed by atoms with Crippen molar-refractivity contribution in [2.75, 3.05) is 57.7 Å². The third-order valence-electron chi connectivity index (χ3n) is 6.00. The largest absolute Gasteiger partial charge is 0.493 e. The Morgan fingerprint density at radius 3 is 2.31 bits per heavy atom. The number of pyridine rings is 1. The minimum atomic E-state index is -0.557. The summed E-state index contributed by atoms with van der Waals surface area (Å²) in [7, 11) is 4.84. The topological polar surface area (TPSA) is 76.2 Å². The van der Waals surface area contributed by atoms with Crippen LogP contribution in [0.5, 0.6) is 17.2 Å². The van der Waals surface area contributed by atoms with Crippen LogP contribution in [-0.4, -0.2) is 63.3 Å². The number of methoxy groups -OCH3 is 3. The summed E-state index contributed by atoms with van der Waals surface area (Å²) in [6.07, 6.45) is 1.59. The Bertz CT molecular complexity index is 1160. The van der Waals surface area contributed by atoms with Gasteiger partial charge in [-0.3, -0.25) is 9.69 Å². The summed E-state index contributed by atoms with van der Waals surface area (Å²) in [5.74, 6) is 1.69. The number of piperazine rings is 1. The molecular weight excluding hydrogens is 451 g/mol. The fourth-order valence-corrected chi connectivity index (χ4v) is 4.15. The highest BCUT2D eigenvalue weighted by molar-refractivity contribution is 6.04. The van der Waals surface area contributed by atoms with Crippen molar-refractivity contribution in [1.82, 2.24) is 9.88 Å². The molecule has 35 heavy (non-hydrogen) atoms. The van der Waals surface area contributed by atoms with Crippen LogP contribution >= 0.6 is 0 Å². The van der Waals surface area contributed by atoms with Crippen LogP contribution in [-0.2, 0) is 6.54 Å². The highest BCUT2D eigenvalue weighted by Crippen LogP contribution is 2.40. The first kappa shape index (κ1) is 24.3. The lowest BCUT2D eigenvalue weighted by molar-refractivity contribution is 0.102. The third-order valence-corrected chi connectivity index (χ3v) is 6.00. The zero-order chi connectivity index (χ0) is 24.8. The number of nitrogens with one attached hydrogen (secondary N) is 1. The van der Waals surface area contributed by atoms with Crippen molar-refractivity contribution >= 4 is 17.4 Å². The second-order valence-corrected chi connectivity index (χ2v) is 8.10. The van der Waals surface area contributed by atoms with Gasteiger partial charge in [0.1, 0.15) is 11.6 Å². The summed E-state index contributed by atoms with van der Waals surface area (Å²) >= 11 is 0. The second-order valence-electron chi connectivity index (χ2n) is 8.10. The monoisotopic (exact) mass is 480 g/mol. The zero-order valence-corrected chi connectivity index (χ0v) is 20.1. The Labute approximate surface area is 204 Å². The van der Waals surface area contributed by atoms with Crippen LogP contribution in [0, 0.1) is 5.82 Å². The highest BCUT2D eigenvalue weighted by atomic mass is 19.1. The molecule has 2 aromatic carbocycles. The van der Waals surface area contributed by atoms with E-state index >= 15 is 0 Å². The van der Waals surface area contributed by atoms with Crippen molar-refractivity contribution in [2.45, 2.75) is 6.54 Å². The Morgan fingerprint density at radius 1 is 0.943 bits per heavy atom. The van der Waals surface area contributed by atoms with Gasteiger partial charge in [0.05, 0.1) is 38.8 Å². The van der Waals surface area contributed by atoms with E-state index in [9.17, 15) is 9.18 Å². The summed E-state index contributed by atoms with van der Waals surface area (Å²) in [6.45, 7) is 4.05. The van der Waals surface area contributed by atoms with E-state index in [0.29, 0.717) is 22.9 Å². The van der Waals surface area contributed by atoms with Crippen molar-refractivity contribution in [3.8, 4) is 17.2 Å². The van der Waals surface area contributed by atoms with Gasteiger partial charge in [0, 0.05) is 38.3 Å². The van der Waals surface area contributed by atoms with E-state index < -0.39 is 11.7 Å². The summed E-state index contributed by atoms with van der Waals surface area (Å²) < 4.78 is 30.3. The van der Waals surface area contributed by atoms with E-state index in [2.05, 4.69) is 20.1 Å². The predicted octanol–water partition coefficient (Wildman–Crippen LogP) is 3.82. The van der Waals surface area contributed by atoms with Crippen LogP contribution in [0.2, 0.25) is 0 Å². The van der Waals surface area contributed by atoms with Crippen LogP contribution in [0.15, 0.2) is 54.7 Å². The van der Waals surface area contributed by atoms with E-state index in [1.54, 1.807) is 45.7 Å². The molecule has 1 N–H and O–H groups in total. The van der Waals surface area contributed by atoms with E-state index in [-0.39, 0.29) is 5.56 Å². The van der Waals surface area contributed by atoms with Gasteiger partial charge < -0.3 is 24.4 Å². The second kappa shape index (κ2) is 11.1. The maximum absolute atomic E-state index is 13.8. The molecule has 0 unspecified atom stereocenters. The fraction of sp³-hybridized carbons (Fsp3) is 0.308. The number of carbonyl (C=O) groups excluding carboxylic acids is 1. The van der Waals surface area contributed by atoms with Crippen molar-refractivity contribution in [3.05, 3.63) is 71.7 Å². The number of carbonyl (C=O) groups is 1.